The van der Waals surface area contributed by atoms with Gasteiger partial charge in [0.2, 0.25) is 11.8 Å². The Morgan fingerprint density at radius 2 is 1.69 bits per heavy atom. The molecule has 5 rings (SSSR count). The molecule has 9 nitrogen and oxygen atoms in total. The van der Waals surface area contributed by atoms with Gasteiger partial charge in [0, 0.05) is 47.6 Å². The number of carbonyl (C=O) groups excluding carboxylic acids is 3. The molecule has 0 aliphatic carbocycles. The molecule has 1 unspecified atom stereocenters. The number of hydrogen-bond donors (Lipinski definition) is 1. The number of non-ortho nitro benzene ring substituents is 1. The molecule has 1 saturated heterocycles. The molecule has 1 aliphatic rings. The molecule has 0 saturated carbocycles. The van der Waals surface area contributed by atoms with E-state index in [9.17, 15) is 24.5 Å². The van der Waals surface area contributed by atoms with Gasteiger partial charge in [0.1, 0.15) is 12.6 Å². The Kier molecular flexibility index (Phi) is 7.64. The van der Waals surface area contributed by atoms with E-state index >= 15 is 0 Å². The first-order valence-electron chi connectivity index (χ1n) is 12.5. The minimum atomic E-state index is -0.832. The number of nitrogens with one attached hydrogen (secondary N) is 1. The van der Waals surface area contributed by atoms with E-state index in [-0.39, 0.29) is 48.6 Å². The summed E-state index contributed by atoms with van der Waals surface area (Å²) in [5.41, 5.74) is 2.01. The molecule has 0 spiro atoms. The lowest BCUT2D eigenvalue weighted by molar-refractivity contribution is -0.384. The summed E-state index contributed by atoms with van der Waals surface area (Å²) in [6.45, 7) is 0.649. The van der Waals surface area contributed by atoms with Crippen LogP contribution in [0.5, 0.6) is 0 Å². The van der Waals surface area contributed by atoms with Crippen molar-refractivity contribution in [3.63, 3.8) is 0 Å². The topological polar surface area (TPSA) is 113 Å². The molecule has 1 fully saturated rings. The monoisotopic (exact) mass is 542 g/mol. The van der Waals surface area contributed by atoms with Crippen LogP contribution in [-0.4, -0.2) is 58.6 Å². The Hall–Kier alpha value is -4.57. The van der Waals surface area contributed by atoms with Gasteiger partial charge in [0.15, 0.2) is 0 Å². The van der Waals surface area contributed by atoms with E-state index in [0.717, 1.165) is 21.2 Å². The third-order valence-electron chi connectivity index (χ3n) is 6.79. The lowest BCUT2D eigenvalue weighted by Gasteiger charge is -2.38. The fraction of sp³-hybridized carbons (Fsp3) is 0.207. The van der Waals surface area contributed by atoms with Gasteiger partial charge < -0.3 is 15.1 Å². The maximum absolute atomic E-state index is 13.6. The third-order valence-corrected chi connectivity index (χ3v) is 7.77. The van der Waals surface area contributed by atoms with E-state index in [0.29, 0.717) is 13.0 Å². The van der Waals surface area contributed by atoms with Gasteiger partial charge in [-0.1, -0.05) is 48.5 Å². The average molecular weight is 543 g/mol. The van der Waals surface area contributed by atoms with Gasteiger partial charge in [-0.25, -0.2) is 0 Å². The third kappa shape index (κ3) is 5.65. The summed E-state index contributed by atoms with van der Waals surface area (Å²) in [7, 11) is 0. The highest BCUT2D eigenvalue weighted by Gasteiger charge is 2.37. The summed E-state index contributed by atoms with van der Waals surface area (Å²) in [4.78, 5) is 53.4. The van der Waals surface area contributed by atoms with Crippen molar-refractivity contribution in [3.05, 3.63) is 111 Å². The Bertz CT molecular complexity index is 1520. The van der Waals surface area contributed by atoms with Crippen molar-refractivity contribution >= 4 is 44.8 Å². The van der Waals surface area contributed by atoms with Crippen LogP contribution >= 0.6 is 11.3 Å². The molecule has 3 aromatic carbocycles. The maximum Gasteiger partial charge on any atom is 0.269 e. The zero-order valence-corrected chi connectivity index (χ0v) is 21.8. The van der Waals surface area contributed by atoms with Crippen LogP contribution in [0.4, 0.5) is 5.69 Å². The highest BCUT2D eigenvalue weighted by atomic mass is 32.1. The minimum Gasteiger partial charge on any atom is -0.354 e. The Morgan fingerprint density at radius 1 is 0.974 bits per heavy atom. The predicted octanol–water partition coefficient (Wildman–Crippen LogP) is 4.19. The number of nitrogens with zero attached hydrogens (tertiary/aromatic N) is 3. The van der Waals surface area contributed by atoms with Crippen molar-refractivity contribution in [1.29, 1.82) is 0 Å². The number of thiophene rings is 1. The Balaban J connectivity index is 1.34. The van der Waals surface area contributed by atoms with E-state index in [1.165, 1.54) is 40.5 Å². The fourth-order valence-electron chi connectivity index (χ4n) is 4.77. The van der Waals surface area contributed by atoms with Crippen molar-refractivity contribution in [3.8, 4) is 0 Å². The van der Waals surface area contributed by atoms with E-state index in [1.54, 1.807) is 4.90 Å². The molecule has 0 bridgehead atoms. The summed E-state index contributed by atoms with van der Waals surface area (Å²) in [6, 6.07) is 22.1. The number of carbonyl (C=O) groups is 3. The van der Waals surface area contributed by atoms with Crippen molar-refractivity contribution < 1.29 is 19.3 Å². The number of hydrogen-bond acceptors (Lipinski definition) is 6. The molecule has 198 valence electrons. The van der Waals surface area contributed by atoms with Gasteiger partial charge in [-0.3, -0.25) is 24.5 Å². The summed E-state index contributed by atoms with van der Waals surface area (Å²) in [5, 5.41) is 16.8. The first-order valence-corrected chi connectivity index (χ1v) is 13.4. The first kappa shape index (κ1) is 26.1. The summed E-state index contributed by atoms with van der Waals surface area (Å²) in [5.74, 6) is -0.990. The van der Waals surface area contributed by atoms with Crippen LogP contribution in [0.3, 0.4) is 0 Å². The van der Waals surface area contributed by atoms with Gasteiger partial charge in [-0.15, -0.1) is 11.3 Å². The van der Waals surface area contributed by atoms with Crippen molar-refractivity contribution in [2.24, 2.45) is 0 Å². The molecule has 1 N–H and O–H groups in total. The van der Waals surface area contributed by atoms with Crippen molar-refractivity contribution in [1.82, 2.24) is 15.1 Å². The maximum atomic E-state index is 13.6. The number of rotatable bonds is 8. The lowest BCUT2D eigenvalue weighted by Crippen LogP contribution is -2.55. The quantitative estimate of drug-likeness (QED) is 0.265. The molecule has 3 amide bonds. The van der Waals surface area contributed by atoms with Crippen LogP contribution in [0.15, 0.2) is 84.2 Å². The standard InChI is InChI=1S/C29H26N4O5S/c34-26-18-31(29(36)21-10-12-22(13-11-21)33(37)38)16-17-32(26)27(24-19-39-25-9-5-4-8-23(24)25)28(35)30-15-14-20-6-2-1-3-7-20/h1-13,19,27H,14-18H2,(H,30,35). The van der Waals surface area contributed by atoms with Gasteiger partial charge in [0.05, 0.1) is 4.92 Å². The molecule has 2 heterocycles. The molecule has 0 radical (unpaired) electrons. The van der Waals surface area contributed by atoms with Crippen molar-refractivity contribution in [2.75, 3.05) is 26.2 Å². The Morgan fingerprint density at radius 3 is 2.41 bits per heavy atom. The van der Waals surface area contributed by atoms with Gasteiger partial charge in [-0.2, -0.15) is 0 Å². The van der Waals surface area contributed by atoms with Gasteiger partial charge >= 0.3 is 0 Å². The molecular formula is C29H26N4O5S. The van der Waals surface area contributed by atoms with Crippen LogP contribution in [0.2, 0.25) is 0 Å². The van der Waals surface area contributed by atoms with E-state index < -0.39 is 11.0 Å². The van der Waals surface area contributed by atoms with Crippen LogP contribution in [0.25, 0.3) is 10.1 Å². The molecular weight excluding hydrogens is 516 g/mol. The number of amides is 3. The average Bonchev–Trinajstić information content (AvgIpc) is 3.38. The van der Waals surface area contributed by atoms with Crippen LogP contribution < -0.4 is 5.32 Å². The summed E-state index contributed by atoms with van der Waals surface area (Å²) >= 11 is 1.52. The van der Waals surface area contributed by atoms with E-state index in [4.69, 9.17) is 0 Å². The van der Waals surface area contributed by atoms with Crippen LogP contribution in [-0.2, 0) is 16.0 Å². The number of piperazine rings is 1. The molecule has 1 atom stereocenters. The van der Waals surface area contributed by atoms with Gasteiger partial charge in [-0.05, 0) is 40.9 Å². The summed E-state index contributed by atoms with van der Waals surface area (Å²) < 4.78 is 1.02. The first-order chi connectivity index (χ1) is 18.9. The van der Waals surface area contributed by atoms with E-state index in [2.05, 4.69) is 5.32 Å². The largest absolute Gasteiger partial charge is 0.354 e. The zero-order valence-electron chi connectivity index (χ0n) is 21.0. The highest BCUT2D eigenvalue weighted by Crippen LogP contribution is 2.34. The smallest absolute Gasteiger partial charge is 0.269 e. The van der Waals surface area contributed by atoms with Crippen LogP contribution in [0.1, 0.15) is 27.5 Å². The van der Waals surface area contributed by atoms with E-state index in [1.807, 2.05) is 60.0 Å². The SMILES string of the molecule is O=C(NCCc1ccccc1)C(c1csc2ccccc12)N1CCN(C(=O)c2ccc([N+](=O)[O-])cc2)CC1=O. The Labute approximate surface area is 228 Å². The van der Waals surface area contributed by atoms with Crippen molar-refractivity contribution in [2.45, 2.75) is 12.5 Å². The number of nitro benzene ring substituents is 1. The fourth-order valence-corrected chi connectivity index (χ4v) is 5.75. The molecule has 1 aliphatic heterocycles. The summed E-state index contributed by atoms with van der Waals surface area (Å²) in [6.07, 6.45) is 0.662. The molecule has 4 aromatic rings. The van der Waals surface area contributed by atoms with Gasteiger partial charge in [0.25, 0.3) is 11.6 Å². The number of nitro groups is 1. The predicted molar refractivity (Wildman–Crippen MR) is 148 cm³/mol. The zero-order chi connectivity index (χ0) is 27.4. The minimum absolute atomic E-state index is 0.114. The second-order valence-corrected chi connectivity index (χ2v) is 10.1. The molecule has 1 aromatic heterocycles. The second-order valence-electron chi connectivity index (χ2n) is 9.23. The normalized spacial score (nSPS) is 14.3. The molecule has 39 heavy (non-hydrogen) atoms. The lowest BCUT2D eigenvalue weighted by atomic mass is 10.0. The number of fused-ring (bicyclic) bond motifs is 1. The molecule has 10 heteroatoms. The highest BCUT2D eigenvalue weighted by molar-refractivity contribution is 7.17. The second kappa shape index (κ2) is 11.4. The van der Waals surface area contributed by atoms with Crippen LogP contribution in [0, 0.1) is 10.1 Å². The number of benzene rings is 3.